The van der Waals surface area contributed by atoms with Gasteiger partial charge in [-0.25, -0.2) is 4.98 Å². The Kier molecular flexibility index (Phi) is 7.57. The van der Waals surface area contributed by atoms with Crippen LogP contribution in [-0.4, -0.2) is 60.9 Å². The van der Waals surface area contributed by atoms with Crippen molar-refractivity contribution in [1.29, 1.82) is 0 Å². The van der Waals surface area contributed by atoms with Crippen molar-refractivity contribution in [2.24, 2.45) is 0 Å². The number of rotatable bonds is 6. The van der Waals surface area contributed by atoms with Crippen LogP contribution in [0.2, 0.25) is 10.0 Å². The van der Waals surface area contributed by atoms with Crippen molar-refractivity contribution in [2.45, 2.75) is 6.17 Å². The molecule has 4 rings (SSSR count). The molecule has 0 saturated carbocycles. The highest BCUT2D eigenvalue weighted by molar-refractivity contribution is 6.32. The Morgan fingerprint density at radius 1 is 0.943 bits per heavy atom. The number of aromatic nitrogens is 1. The Balaban J connectivity index is 1.58. The minimum absolute atomic E-state index is 0.130. The number of benzene rings is 2. The number of hydrogen-bond donors (Lipinski definition) is 2. The van der Waals surface area contributed by atoms with Crippen LogP contribution in [0, 0.1) is 0 Å². The van der Waals surface area contributed by atoms with E-state index >= 15 is 0 Å². The van der Waals surface area contributed by atoms with Crippen LogP contribution in [0.3, 0.4) is 0 Å². The lowest BCUT2D eigenvalue weighted by molar-refractivity contribution is 0.102. The molecule has 3 aromatic rings. The Hall–Kier alpha value is -3.17. The Morgan fingerprint density at radius 2 is 1.63 bits per heavy atom. The van der Waals surface area contributed by atoms with Crippen LogP contribution in [-0.2, 0) is 0 Å². The van der Waals surface area contributed by atoms with Gasteiger partial charge in [-0.15, -0.1) is 0 Å². The Bertz CT molecular complexity index is 1230. The highest BCUT2D eigenvalue weighted by Crippen LogP contribution is 2.34. The molecule has 0 radical (unpaired) electrons. The summed E-state index contributed by atoms with van der Waals surface area (Å²) in [6.45, 7) is 1.96. The number of carbonyl (C=O) groups excluding carboxylic acids is 2. The first-order valence-electron chi connectivity index (χ1n) is 10.9. The van der Waals surface area contributed by atoms with Crippen molar-refractivity contribution in [2.75, 3.05) is 44.9 Å². The summed E-state index contributed by atoms with van der Waals surface area (Å²) in [5.41, 5.74) is 1.88. The quantitative estimate of drug-likeness (QED) is 0.493. The molecule has 2 aromatic carbocycles. The summed E-state index contributed by atoms with van der Waals surface area (Å²) in [5.74, 6) is -0.346. The number of halogens is 2. The van der Waals surface area contributed by atoms with Gasteiger partial charge >= 0.3 is 0 Å². The maximum atomic E-state index is 13.1. The molecule has 0 unspecified atom stereocenters. The molecule has 2 heterocycles. The molecule has 35 heavy (non-hydrogen) atoms. The molecule has 0 atom stereocenters. The van der Waals surface area contributed by atoms with Gasteiger partial charge in [0.2, 0.25) is 0 Å². The summed E-state index contributed by atoms with van der Waals surface area (Å²) < 4.78 is 5.41. The number of likely N-dealkylation sites (N-methyl/N-ethyl adjacent to an activating group) is 2. The molecule has 2 N–H and O–H groups in total. The zero-order valence-corrected chi connectivity index (χ0v) is 21.0. The van der Waals surface area contributed by atoms with E-state index in [1.807, 2.05) is 12.1 Å². The first kappa shape index (κ1) is 24.9. The van der Waals surface area contributed by atoms with Crippen molar-refractivity contribution in [3.8, 4) is 5.75 Å². The summed E-state index contributed by atoms with van der Waals surface area (Å²) in [6, 6.07) is 13.6. The fourth-order valence-electron chi connectivity index (χ4n) is 4.08. The molecule has 182 valence electrons. The molecule has 0 aliphatic carbocycles. The van der Waals surface area contributed by atoms with Gasteiger partial charge in [0, 0.05) is 35.9 Å². The zero-order chi connectivity index (χ0) is 25.1. The van der Waals surface area contributed by atoms with Gasteiger partial charge < -0.3 is 15.4 Å². The van der Waals surface area contributed by atoms with Gasteiger partial charge in [0.1, 0.15) is 11.6 Å². The fraction of sp³-hybridized carbons (Fsp3) is 0.240. The molecular formula is C25H25Cl2N5O3. The van der Waals surface area contributed by atoms with Crippen molar-refractivity contribution >= 4 is 46.5 Å². The monoisotopic (exact) mass is 513 g/mol. The van der Waals surface area contributed by atoms with Crippen LogP contribution in [0.25, 0.3) is 0 Å². The smallest absolute Gasteiger partial charge is 0.259 e. The summed E-state index contributed by atoms with van der Waals surface area (Å²) >= 11 is 12.1. The first-order valence-corrected chi connectivity index (χ1v) is 11.6. The lowest BCUT2D eigenvalue weighted by Crippen LogP contribution is -2.25. The molecule has 2 amide bonds. The van der Waals surface area contributed by atoms with Crippen molar-refractivity contribution in [3.63, 3.8) is 0 Å². The van der Waals surface area contributed by atoms with Gasteiger partial charge in [-0.2, -0.15) is 0 Å². The van der Waals surface area contributed by atoms with E-state index in [2.05, 4.69) is 39.5 Å². The van der Waals surface area contributed by atoms with Gasteiger partial charge in [-0.3, -0.25) is 19.4 Å². The molecule has 1 aromatic heterocycles. The lowest BCUT2D eigenvalue weighted by atomic mass is 10.1. The number of pyridine rings is 1. The minimum Gasteiger partial charge on any atom is -0.494 e. The van der Waals surface area contributed by atoms with Crippen molar-refractivity contribution in [1.82, 2.24) is 14.8 Å². The summed E-state index contributed by atoms with van der Waals surface area (Å²) in [6.07, 6.45) is 1.59. The lowest BCUT2D eigenvalue weighted by Gasteiger charge is -2.25. The first-order chi connectivity index (χ1) is 16.8. The Morgan fingerprint density at radius 3 is 2.23 bits per heavy atom. The third-order valence-corrected chi connectivity index (χ3v) is 6.29. The average molecular weight is 514 g/mol. The molecule has 1 saturated heterocycles. The van der Waals surface area contributed by atoms with Crippen LogP contribution >= 0.6 is 23.2 Å². The van der Waals surface area contributed by atoms with E-state index in [9.17, 15) is 9.59 Å². The topological polar surface area (TPSA) is 86.8 Å². The van der Waals surface area contributed by atoms with Crippen LogP contribution in [0.4, 0.5) is 11.5 Å². The van der Waals surface area contributed by atoms with Crippen LogP contribution in [0.15, 0.2) is 54.7 Å². The molecule has 1 fully saturated rings. The van der Waals surface area contributed by atoms with E-state index in [1.54, 1.807) is 24.3 Å². The summed E-state index contributed by atoms with van der Waals surface area (Å²) in [4.78, 5) is 34.8. The maximum Gasteiger partial charge on any atom is 0.259 e. The second-order valence-electron chi connectivity index (χ2n) is 8.26. The predicted octanol–water partition coefficient (Wildman–Crippen LogP) is 4.78. The van der Waals surface area contributed by atoms with Gasteiger partial charge in [0.05, 0.1) is 29.5 Å². The third kappa shape index (κ3) is 5.57. The number of carbonyl (C=O) groups is 2. The highest BCUT2D eigenvalue weighted by atomic mass is 35.5. The number of ether oxygens (including phenoxy) is 1. The van der Waals surface area contributed by atoms with E-state index in [0.717, 1.165) is 18.7 Å². The highest BCUT2D eigenvalue weighted by Gasteiger charge is 2.28. The molecular weight excluding hydrogens is 489 g/mol. The minimum atomic E-state index is -0.515. The molecule has 1 aliphatic heterocycles. The molecule has 0 spiro atoms. The standard InChI is InChI=1S/C25H25Cl2N5O3/c1-31-10-11-32(2)25(31)16-6-4-15(5-7-16)23(33)30-22-19(12-18(27)13-20(22)35-3)24(34)29-21-9-8-17(26)14-28-21/h4-9,12-14,25H,10-11H2,1-3H3,(H,30,33)(H,28,29,34). The number of methoxy groups -OCH3 is 1. The SMILES string of the molecule is COc1cc(Cl)cc(C(=O)Nc2ccc(Cl)cn2)c1NC(=O)c1ccc(C2N(C)CCN2C)cc1. The second kappa shape index (κ2) is 10.6. The molecule has 1 aliphatic rings. The van der Waals surface area contributed by atoms with E-state index in [0.29, 0.717) is 16.4 Å². The van der Waals surface area contributed by atoms with E-state index in [4.69, 9.17) is 27.9 Å². The normalized spacial score (nSPS) is 14.7. The number of hydrogen-bond acceptors (Lipinski definition) is 6. The number of amides is 2. The molecule has 0 bridgehead atoms. The van der Waals surface area contributed by atoms with E-state index < -0.39 is 5.91 Å². The van der Waals surface area contributed by atoms with Gasteiger partial charge in [0.15, 0.2) is 0 Å². The fourth-order valence-corrected chi connectivity index (χ4v) is 4.40. The zero-order valence-electron chi connectivity index (χ0n) is 19.5. The number of nitrogens with zero attached hydrogens (tertiary/aromatic N) is 3. The van der Waals surface area contributed by atoms with Crippen LogP contribution in [0.5, 0.6) is 5.75 Å². The average Bonchev–Trinajstić information content (AvgIpc) is 3.19. The van der Waals surface area contributed by atoms with Crippen molar-refractivity contribution < 1.29 is 14.3 Å². The van der Waals surface area contributed by atoms with E-state index in [-0.39, 0.29) is 34.1 Å². The summed E-state index contributed by atoms with van der Waals surface area (Å²) in [5, 5.41) is 6.21. The maximum absolute atomic E-state index is 13.1. The third-order valence-electron chi connectivity index (χ3n) is 5.85. The summed E-state index contributed by atoms with van der Waals surface area (Å²) in [7, 11) is 5.59. The largest absolute Gasteiger partial charge is 0.494 e. The molecule has 8 nitrogen and oxygen atoms in total. The second-order valence-corrected chi connectivity index (χ2v) is 9.13. The van der Waals surface area contributed by atoms with Crippen LogP contribution in [0.1, 0.15) is 32.4 Å². The van der Waals surface area contributed by atoms with Crippen LogP contribution < -0.4 is 15.4 Å². The van der Waals surface area contributed by atoms with E-state index in [1.165, 1.54) is 25.4 Å². The molecule has 10 heteroatoms. The van der Waals surface area contributed by atoms with Crippen molar-refractivity contribution in [3.05, 3.63) is 81.5 Å². The predicted molar refractivity (Wildman–Crippen MR) is 138 cm³/mol. The van der Waals surface area contributed by atoms with Gasteiger partial charge in [0.25, 0.3) is 11.8 Å². The van der Waals surface area contributed by atoms with Gasteiger partial charge in [-0.05, 0) is 50.0 Å². The van der Waals surface area contributed by atoms with Gasteiger partial charge in [-0.1, -0.05) is 35.3 Å². The number of nitrogens with one attached hydrogen (secondary N) is 2. The Labute approximate surface area is 213 Å². The number of anilines is 2.